The van der Waals surface area contributed by atoms with Crippen molar-refractivity contribution in [3.8, 4) is 0 Å². The summed E-state index contributed by atoms with van der Waals surface area (Å²) in [6.45, 7) is 10.1. The second-order valence-corrected chi connectivity index (χ2v) is 11.4. The molecule has 0 unspecified atom stereocenters. The first-order valence-corrected chi connectivity index (χ1v) is 15.6. The van der Waals surface area contributed by atoms with Gasteiger partial charge in [-0.3, -0.25) is 4.90 Å². The second-order valence-electron chi connectivity index (χ2n) is 11.4. The quantitative estimate of drug-likeness (QED) is 0.286. The summed E-state index contributed by atoms with van der Waals surface area (Å²) in [5.74, 6) is 0.793. The molecule has 2 nitrogen and oxygen atoms in total. The molecule has 1 N–H and O–H groups in total. The van der Waals surface area contributed by atoms with Gasteiger partial charge in [-0.25, -0.2) is 0 Å². The van der Waals surface area contributed by atoms with Gasteiger partial charge in [-0.15, -0.1) is 0 Å². The Balaban J connectivity index is 0.000000193. The molecule has 5 rings (SSSR count). The lowest BCUT2D eigenvalue weighted by molar-refractivity contribution is 0.294. The van der Waals surface area contributed by atoms with E-state index in [0.29, 0.717) is 0 Å². The van der Waals surface area contributed by atoms with E-state index in [1.165, 1.54) is 92.3 Å². The Morgan fingerprint density at radius 1 is 0.718 bits per heavy atom. The van der Waals surface area contributed by atoms with Gasteiger partial charge in [0.2, 0.25) is 0 Å². The molecular formula is C37H50N2. The minimum Gasteiger partial charge on any atom is -0.317 e. The zero-order chi connectivity index (χ0) is 27.1. The van der Waals surface area contributed by atoms with Crippen LogP contribution in [0.4, 0.5) is 0 Å². The largest absolute Gasteiger partial charge is 0.317 e. The van der Waals surface area contributed by atoms with E-state index in [1.54, 1.807) is 5.56 Å². The Bertz CT molecular complexity index is 1090. The predicted octanol–water partition coefficient (Wildman–Crippen LogP) is 8.81. The number of unbranched alkanes of at least 4 members (excludes halogenated alkanes) is 2. The van der Waals surface area contributed by atoms with Crippen LogP contribution < -0.4 is 5.32 Å². The molecule has 39 heavy (non-hydrogen) atoms. The number of nitrogens with zero attached hydrogens (tertiary/aromatic N) is 1. The lowest BCUT2D eigenvalue weighted by Crippen LogP contribution is -2.27. The number of hydrogen-bond donors (Lipinski definition) is 1. The Labute approximate surface area is 238 Å². The second kappa shape index (κ2) is 16.4. The number of benzene rings is 3. The van der Waals surface area contributed by atoms with Crippen molar-refractivity contribution in [3.63, 3.8) is 0 Å². The summed E-state index contributed by atoms with van der Waals surface area (Å²) in [6, 6.07) is 29.4. The van der Waals surface area contributed by atoms with Crippen molar-refractivity contribution in [1.29, 1.82) is 0 Å². The Kier molecular flexibility index (Phi) is 12.3. The average Bonchev–Trinajstić information content (AvgIpc) is 3.01. The van der Waals surface area contributed by atoms with Gasteiger partial charge in [0.1, 0.15) is 0 Å². The predicted molar refractivity (Wildman–Crippen MR) is 169 cm³/mol. The molecule has 0 spiro atoms. The molecule has 2 heterocycles. The smallest absolute Gasteiger partial charge is 0.0237 e. The molecule has 208 valence electrons. The summed E-state index contributed by atoms with van der Waals surface area (Å²) in [4.78, 5) is 2.52. The maximum Gasteiger partial charge on any atom is 0.0237 e. The molecule has 3 aromatic rings. The van der Waals surface area contributed by atoms with Crippen LogP contribution in [-0.2, 0) is 19.4 Å². The molecule has 0 atom stereocenters. The van der Waals surface area contributed by atoms with Crippen LogP contribution in [0.3, 0.4) is 0 Å². The minimum absolute atomic E-state index is 0.793. The average molecular weight is 523 g/mol. The molecule has 0 amide bonds. The first-order chi connectivity index (χ1) is 19.2. The van der Waals surface area contributed by atoms with Crippen LogP contribution in [-0.4, -0.2) is 31.1 Å². The fourth-order valence-corrected chi connectivity index (χ4v) is 5.72. The van der Waals surface area contributed by atoms with Gasteiger partial charge in [-0.05, 0) is 97.3 Å². The number of piperidine rings is 1. The molecular weight excluding hydrogens is 472 g/mol. The van der Waals surface area contributed by atoms with Crippen LogP contribution in [0.2, 0.25) is 0 Å². The van der Waals surface area contributed by atoms with E-state index < -0.39 is 0 Å². The summed E-state index contributed by atoms with van der Waals surface area (Å²) < 4.78 is 0. The van der Waals surface area contributed by atoms with Crippen molar-refractivity contribution >= 4 is 5.57 Å². The van der Waals surface area contributed by atoms with Crippen LogP contribution in [0, 0.1) is 0 Å². The third kappa shape index (κ3) is 9.78. The van der Waals surface area contributed by atoms with Crippen molar-refractivity contribution in [3.05, 3.63) is 113 Å². The molecule has 0 saturated carbocycles. The van der Waals surface area contributed by atoms with Crippen molar-refractivity contribution in [2.75, 3.05) is 26.2 Å². The van der Waals surface area contributed by atoms with Crippen LogP contribution >= 0.6 is 0 Å². The van der Waals surface area contributed by atoms with Crippen molar-refractivity contribution in [1.82, 2.24) is 10.2 Å². The first kappa shape index (κ1) is 29.3. The fraction of sp³-hybridized carbons (Fsp3) is 0.459. The molecule has 2 aliphatic rings. The highest BCUT2D eigenvalue weighted by atomic mass is 15.1. The fourth-order valence-electron chi connectivity index (χ4n) is 5.72. The van der Waals surface area contributed by atoms with E-state index in [0.717, 1.165) is 32.0 Å². The zero-order valence-electron chi connectivity index (χ0n) is 24.5. The lowest BCUT2D eigenvalue weighted by atomic mass is 9.89. The van der Waals surface area contributed by atoms with E-state index >= 15 is 0 Å². The van der Waals surface area contributed by atoms with Gasteiger partial charge in [0.05, 0.1) is 0 Å². The molecule has 2 heteroatoms. The van der Waals surface area contributed by atoms with Gasteiger partial charge in [0.25, 0.3) is 0 Å². The molecule has 2 aliphatic heterocycles. The van der Waals surface area contributed by atoms with Gasteiger partial charge in [0.15, 0.2) is 0 Å². The summed E-state index contributed by atoms with van der Waals surface area (Å²) >= 11 is 0. The maximum atomic E-state index is 3.42. The molecule has 0 aromatic heterocycles. The topological polar surface area (TPSA) is 15.3 Å². The molecule has 0 bridgehead atoms. The number of rotatable bonds is 10. The van der Waals surface area contributed by atoms with E-state index in [2.05, 4.69) is 109 Å². The standard InChI is InChI=1S/C22H27N.C15H23N/c1-2-3-7-19-10-12-21(13-11-19)22-14-16-23(17-15-22)18-20-8-5-4-6-9-20;1-2-3-4-13-5-7-14(8-6-13)15-9-11-16-12-10-15/h4-6,8-14H,2-3,7,15-18H2,1H3;5-8,15-16H,2-4,9-12H2,1H3. The van der Waals surface area contributed by atoms with E-state index in [1.807, 2.05) is 0 Å². The highest BCUT2D eigenvalue weighted by molar-refractivity contribution is 5.66. The van der Waals surface area contributed by atoms with E-state index in [4.69, 9.17) is 0 Å². The molecule has 3 aromatic carbocycles. The molecule has 1 fully saturated rings. The van der Waals surface area contributed by atoms with E-state index in [9.17, 15) is 0 Å². The van der Waals surface area contributed by atoms with Gasteiger partial charge in [-0.1, -0.05) is 112 Å². The van der Waals surface area contributed by atoms with Crippen molar-refractivity contribution < 1.29 is 0 Å². The number of aryl methyl sites for hydroxylation is 2. The highest BCUT2D eigenvalue weighted by Crippen LogP contribution is 2.26. The summed E-state index contributed by atoms with van der Waals surface area (Å²) in [7, 11) is 0. The highest BCUT2D eigenvalue weighted by Gasteiger charge is 2.15. The Morgan fingerprint density at radius 3 is 1.90 bits per heavy atom. The monoisotopic (exact) mass is 522 g/mol. The van der Waals surface area contributed by atoms with Crippen molar-refractivity contribution in [2.45, 2.75) is 84.1 Å². The first-order valence-electron chi connectivity index (χ1n) is 15.6. The molecule has 1 saturated heterocycles. The molecule has 0 radical (unpaired) electrons. The minimum atomic E-state index is 0.793. The van der Waals surface area contributed by atoms with Crippen LogP contribution in [0.25, 0.3) is 5.57 Å². The maximum absolute atomic E-state index is 3.42. The normalized spacial score (nSPS) is 16.3. The Hall–Kier alpha value is -2.68. The van der Waals surface area contributed by atoms with Gasteiger partial charge < -0.3 is 5.32 Å². The third-order valence-electron chi connectivity index (χ3n) is 8.30. The summed E-state index contributed by atoms with van der Waals surface area (Å²) in [5.41, 5.74) is 8.84. The van der Waals surface area contributed by atoms with Crippen LogP contribution in [0.5, 0.6) is 0 Å². The lowest BCUT2D eigenvalue weighted by Gasteiger charge is -2.26. The summed E-state index contributed by atoms with van der Waals surface area (Å²) in [5, 5.41) is 3.42. The van der Waals surface area contributed by atoms with Crippen LogP contribution in [0.1, 0.15) is 92.5 Å². The van der Waals surface area contributed by atoms with Gasteiger partial charge in [0, 0.05) is 19.6 Å². The van der Waals surface area contributed by atoms with E-state index in [-0.39, 0.29) is 0 Å². The zero-order valence-corrected chi connectivity index (χ0v) is 24.5. The summed E-state index contributed by atoms with van der Waals surface area (Å²) in [6.07, 6.45) is 13.8. The number of hydrogen-bond acceptors (Lipinski definition) is 2. The van der Waals surface area contributed by atoms with Gasteiger partial charge >= 0.3 is 0 Å². The number of nitrogens with one attached hydrogen (secondary N) is 1. The SMILES string of the molecule is CCCCc1ccc(C2=CCN(Cc3ccccc3)CC2)cc1.CCCCc1ccc(C2CCNCC2)cc1. The van der Waals surface area contributed by atoms with Gasteiger partial charge in [-0.2, -0.15) is 0 Å². The van der Waals surface area contributed by atoms with Crippen molar-refractivity contribution in [2.24, 2.45) is 0 Å². The molecule has 0 aliphatic carbocycles. The third-order valence-corrected chi connectivity index (χ3v) is 8.30. The van der Waals surface area contributed by atoms with Crippen LogP contribution in [0.15, 0.2) is 84.9 Å². The Morgan fingerprint density at radius 2 is 1.33 bits per heavy atom.